The van der Waals surface area contributed by atoms with Crippen LogP contribution in [0.25, 0.3) is 0 Å². The van der Waals surface area contributed by atoms with Gasteiger partial charge in [-0.25, -0.2) is 4.39 Å². The standard InChI is InChI=1S/C20H23FN2O2/c21-16-8-6-7-15(13-16)19(17-9-2-5-12-22-17)23-18(24)14-20(25)10-3-1-4-11-20/h2,5-9,12-13,19,25H,1,3-4,10-11,14H2,(H,23,24). The zero-order chi connectivity index (χ0) is 17.7. The molecule has 1 atom stereocenters. The van der Waals surface area contributed by atoms with Crippen LogP contribution in [0.5, 0.6) is 0 Å². The minimum absolute atomic E-state index is 0.0612. The number of carbonyl (C=O) groups is 1. The highest BCUT2D eigenvalue weighted by molar-refractivity contribution is 5.78. The summed E-state index contributed by atoms with van der Waals surface area (Å²) in [7, 11) is 0. The van der Waals surface area contributed by atoms with E-state index in [9.17, 15) is 14.3 Å². The van der Waals surface area contributed by atoms with Gasteiger partial charge < -0.3 is 10.4 Å². The third-order valence-electron chi connectivity index (χ3n) is 4.74. The van der Waals surface area contributed by atoms with Crippen LogP contribution in [-0.4, -0.2) is 21.6 Å². The summed E-state index contributed by atoms with van der Waals surface area (Å²) < 4.78 is 13.6. The number of carbonyl (C=O) groups excluding carboxylic acids is 1. The third-order valence-corrected chi connectivity index (χ3v) is 4.74. The summed E-state index contributed by atoms with van der Waals surface area (Å²) in [6.07, 6.45) is 5.98. The molecule has 1 aromatic carbocycles. The monoisotopic (exact) mass is 342 g/mol. The van der Waals surface area contributed by atoms with Crippen molar-refractivity contribution in [1.29, 1.82) is 0 Å². The first-order chi connectivity index (χ1) is 12.1. The van der Waals surface area contributed by atoms with Gasteiger partial charge in [0.15, 0.2) is 0 Å². The van der Waals surface area contributed by atoms with E-state index in [2.05, 4.69) is 10.3 Å². The fraction of sp³-hybridized carbons (Fsp3) is 0.400. The number of nitrogens with zero attached hydrogens (tertiary/aromatic N) is 1. The molecule has 1 amide bonds. The van der Waals surface area contributed by atoms with Gasteiger partial charge in [0.05, 0.1) is 23.8 Å². The molecule has 0 aliphatic heterocycles. The first kappa shape index (κ1) is 17.5. The summed E-state index contributed by atoms with van der Waals surface area (Å²) in [5.74, 6) is -0.608. The van der Waals surface area contributed by atoms with E-state index in [4.69, 9.17) is 0 Å². The van der Waals surface area contributed by atoms with Crippen molar-refractivity contribution in [1.82, 2.24) is 10.3 Å². The molecule has 0 spiro atoms. The highest BCUT2D eigenvalue weighted by atomic mass is 19.1. The SMILES string of the molecule is O=C(CC1(O)CCCCC1)NC(c1cccc(F)c1)c1ccccn1. The zero-order valence-corrected chi connectivity index (χ0v) is 14.1. The van der Waals surface area contributed by atoms with Crippen LogP contribution in [0.2, 0.25) is 0 Å². The van der Waals surface area contributed by atoms with E-state index in [0.29, 0.717) is 24.1 Å². The summed E-state index contributed by atoms with van der Waals surface area (Å²) in [6, 6.07) is 11.0. The van der Waals surface area contributed by atoms with Gasteiger partial charge in [0.25, 0.3) is 0 Å². The Bertz CT molecular complexity index is 715. The van der Waals surface area contributed by atoms with Crippen molar-refractivity contribution in [2.75, 3.05) is 0 Å². The number of aliphatic hydroxyl groups is 1. The number of hydrogen-bond donors (Lipinski definition) is 2. The smallest absolute Gasteiger partial charge is 0.223 e. The van der Waals surface area contributed by atoms with E-state index < -0.39 is 11.6 Å². The maximum absolute atomic E-state index is 13.6. The van der Waals surface area contributed by atoms with Gasteiger partial charge in [-0.2, -0.15) is 0 Å². The molecule has 0 radical (unpaired) electrons. The number of benzene rings is 1. The van der Waals surface area contributed by atoms with Crippen LogP contribution in [0.1, 0.15) is 55.8 Å². The van der Waals surface area contributed by atoms with Crippen LogP contribution in [-0.2, 0) is 4.79 Å². The highest BCUT2D eigenvalue weighted by Crippen LogP contribution is 2.31. The molecule has 1 aliphatic rings. The first-order valence-electron chi connectivity index (χ1n) is 8.74. The van der Waals surface area contributed by atoms with Crippen molar-refractivity contribution >= 4 is 5.91 Å². The molecule has 1 saturated carbocycles. The fourth-order valence-corrected chi connectivity index (χ4v) is 3.46. The summed E-state index contributed by atoms with van der Waals surface area (Å²) in [5.41, 5.74) is 0.332. The normalized spacial score (nSPS) is 17.7. The lowest BCUT2D eigenvalue weighted by Gasteiger charge is -2.32. The number of hydrogen-bond acceptors (Lipinski definition) is 3. The quantitative estimate of drug-likeness (QED) is 0.874. The Balaban J connectivity index is 1.79. The number of amides is 1. The largest absolute Gasteiger partial charge is 0.389 e. The Morgan fingerprint density at radius 3 is 2.68 bits per heavy atom. The van der Waals surface area contributed by atoms with E-state index >= 15 is 0 Å². The molecule has 1 fully saturated rings. The van der Waals surface area contributed by atoms with Gasteiger partial charge in [-0.05, 0) is 42.7 Å². The van der Waals surface area contributed by atoms with Crippen molar-refractivity contribution in [2.45, 2.75) is 50.2 Å². The lowest BCUT2D eigenvalue weighted by Crippen LogP contribution is -2.40. The predicted molar refractivity (Wildman–Crippen MR) is 93.3 cm³/mol. The van der Waals surface area contributed by atoms with Crippen molar-refractivity contribution < 1.29 is 14.3 Å². The highest BCUT2D eigenvalue weighted by Gasteiger charge is 2.32. The van der Waals surface area contributed by atoms with Gasteiger partial charge in [0.1, 0.15) is 5.82 Å². The van der Waals surface area contributed by atoms with Crippen molar-refractivity contribution in [3.05, 3.63) is 65.7 Å². The number of aromatic nitrogens is 1. The second-order valence-corrected chi connectivity index (χ2v) is 6.77. The Morgan fingerprint density at radius 1 is 1.20 bits per heavy atom. The molecule has 1 heterocycles. The minimum atomic E-state index is -0.932. The molecular formula is C20H23FN2O2. The molecule has 0 saturated heterocycles. The van der Waals surface area contributed by atoms with E-state index in [1.54, 1.807) is 30.5 Å². The van der Waals surface area contributed by atoms with Gasteiger partial charge in [-0.1, -0.05) is 37.5 Å². The lowest BCUT2D eigenvalue weighted by molar-refractivity contribution is -0.128. The Hall–Kier alpha value is -2.27. The maximum Gasteiger partial charge on any atom is 0.223 e. The van der Waals surface area contributed by atoms with Crippen LogP contribution < -0.4 is 5.32 Å². The third kappa shape index (κ3) is 4.63. The van der Waals surface area contributed by atoms with Gasteiger partial charge in [0, 0.05) is 6.20 Å². The molecule has 5 heteroatoms. The Labute approximate surface area is 147 Å². The molecule has 4 nitrogen and oxygen atoms in total. The lowest BCUT2D eigenvalue weighted by atomic mass is 9.82. The average Bonchev–Trinajstić information content (AvgIpc) is 2.60. The molecular weight excluding hydrogens is 319 g/mol. The zero-order valence-electron chi connectivity index (χ0n) is 14.1. The average molecular weight is 342 g/mol. The second-order valence-electron chi connectivity index (χ2n) is 6.77. The fourth-order valence-electron chi connectivity index (χ4n) is 3.46. The van der Waals surface area contributed by atoms with Crippen molar-refractivity contribution in [2.24, 2.45) is 0 Å². The number of nitrogens with one attached hydrogen (secondary N) is 1. The van der Waals surface area contributed by atoms with Gasteiger partial charge in [-0.3, -0.25) is 9.78 Å². The second kappa shape index (κ2) is 7.74. The molecule has 2 N–H and O–H groups in total. The summed E-state index contributed by atoms with van der Waals surface area (Å²) in [5, 5.41) is 13.5. The Morgan fingerprint density at radius 2 is 2.00 bits per heavy atom. The van der Waals surface area contributed by atoms with Crippen LogP contribution in [0.4, 0.5) is 4.39 Å². The predicted octanol–water partition coefficient (Wildman–Crippen LogP) is 3.51. The molecule has 1 aromatic heterocycles. The van der Waals surface area contributed by atoms with Gasteiger partial charge in [-0.15, -0.1) is 0 Å². The summed E-state index contributed by atoms with van der Waals surface area (Å²) >= 11 is 0. The van der Waals surface area contributed by atoms with Crippen LogP contribution >= 0.6 is 0 Å². The number of halogens is 1. The maximum atomic E-state index is 13.6. The molecule has 25 heavy (non-hydrogen) atoms. The van der Waals surface area contributed by atoms with Crippen molar-refractivity contribution in [3.63, 3.8) is 0 Å². The van der Waals surface area contributed by atoms with E-state index in [1.807, 2.05) is 6.07 Å². The van der Waals surface area contributed by atoms with E-state index in [0.717, 1.165) is 19.3 Å². The molecule has 0 bridgehead atoms. The Kier molecular flexibility index (Phi) is 5.43. The topological polar surface area (TPSA) is 62.2 Å². The van der Waals surface area contributed by atoms with Crippen LogP contribution in [0.3, 0.4) is 0 Å². The van der Waals surface area contributed by atoms with Gasteiger partial charge >= 0.3 is 0 Å². The van der Waals surface area contributed by atoms with Gasteiger partial charge in [0.2, 0.25) is 5.91 Å². The van der Waals surface area contributed by atoms with Crippen molar-refractivity contribution in [3.8, 4) is 0 Å². The summed E-state index contributed by atoms with van der Waals surface area (Å²) in [6.45, 7) is 0. The molecule has 3 rings (SSSR count). The van der Waals surface area contributed by atoms with Crippen LogP contribution in [0, 0.1) is 5.82 Å². The minimum Gasteiger partial charge on any atom is -0.389 e. The van der Waals surface area contributed by atoms with E-state index in [-0.39, 0.29) is 18.1 Å². The first-order valence-corrected chi connectivity index (χ1v) is 8.74. The number of rotatable bonds is 5. The van der Waals surface area contributed by atoms with Crippen LogP contribution in [0.15, 0.2) is 48.7 Å². The van der Waals surface area contributed by atoms with E-state index in [1.165, 1.54) is 12.1 Å². The summed E-state index contributed by atoms with van der Waals surface area (Å²) in [4.78, 5) is 16.9. The molecule has 132 valence electrons. The molecule has 1 aliphatic carbocycles. The molecule has 2 aromatic rings. The number of pyridine rings is 1. The molecule has 1 unspecified atom stereocenters.